The molecule has 0 bridgehead atoms. The summed E-state index contributed by atoms with van der Waals surface area (Å²) in [7, 11) is -1.90. The van der Waals surface area contributed by atoms with E-state index < -0.39 is 21.4 Å². The molecule has 5 rings (SSSR count). The van der Waals surface area contributed by atoms with Crippen molar-refractivity contribution in [3.63, 3.8) is 0 Å². The highest BCUT2D eigenvalue weighted by Crippen LogP contribution is 2.30. The topological polar surface area (TPSA) is 103 Å². The first kappa shape index (κ1) is 27.4. The van der Waals surface area contributed by atoms with E-state index in [9.17, 15) is 18.0 Å². The number of methoxy groups -OCH3 is 1. The zero-order valence-corrected chi connectivity index (χ0v) is 23.1. The van der Waals surface area contributed by atoms with Gasteiger partial charge in [-0.25, -0.2) is 22.3 Å². The number of sulfonamides is 1. The van der Waals surface area contributed by atoms with Crippen molar-refractivity contribution >= 4 is 27.1 Å². The van der Waals surface area contributed by atoms with Crippen LogP contribution < -0.4 is 5.69 Å². The summed E-state index contributed by atoms with van der Waals surface area (Å²) in [5.74, 6) is 0. The molecule has 0 unspecified atom stereocenters. The summed E-state index contributed by atoms with van der Waals surface area (Å²) in [5.41, 5.74) is 2.56. The van der Waals surface area contributed by atoms with Crippen LogP contribution >= 0.6 is 0 Å². The predicted molar refractivity (Wildman–Crippen MR) is 148 cm³/mol. The average Bonchev–Trinajstić information content (AvgIpc) is 3.26. The molecular formula is C28H36N4O6S. The first-order chi connectivity index (χ1) is 18.9. The number of benzene rings is 2. The summed E-state index contributed by atoms with van der Waals surface area (Å²) >= 11 is 0. The molecule has 210 valence electrons. The number of para-hydroxylation sites is 2. The number of rotatable bonds is 8. The molecule has 2 saturated heterocycles. The van der Waals surface area contributed by atoms with E-state index in [0.29, 0.717) is 65.0 Å². The third-order valence-electron chi connectivity index (χ3n) is 7.86. The largest absolute Gasteiger partial charge is 0.445 e. The van der Waals surface area contributed by atoms with Crippen LogP contribution in [0.5, 0.6) is 0 Å². The van der Waals surface area contributed by atoms with Crippen LogP contribution in [0.2, 0.25) is 0 Å². The molecule has 0 atom stereocenters. The van der Waals surface area contributed by atoms with Gasteiger partial charge in [0, 0.05) is 39.3 Å². The Kier molecular flexibility index (Phi) is 8.39. The number of fused-ring (bicyclic) bond motifs is 1. The van der Waals surface area contributed by atoms with E-state index in [2.05, 4.69) is 0 Å². The molecule has 2 aliphatic heterocycles. The first-order valence-electron chi connectivity index (χ1n) is 13.5. The molecule has 0 N–H and O–H groups in total. The van der Waals surface area contributed by atoms with Crippen LogP contribution in [0.3, 0.4) is 0 Å². The molecule has 3 heterocycles. The molecule has 0 radical (unpaired) electrons. The van der Waals surface area contributed by atoms with E-state index in [1.807, 2.05) is 59.2 Å². The Labute approximate surface area is 228 Å². The molecule has 39 heavy (non-hydrogen) atoms. The van der Waals surface area contributed by atoms with Crippen molar-refractivity contribution in [1.82, 2.24) is 18.3 Å². The number of nitrogens with zero attached hydrogens (tertiary/aromatic N) is 4. The maximum absolute atomic E-state index is 13.5. The van der Waals surface area contributed by atoms with E-state index in [1.165, 1.54) is 0 Å². The van der Waals surface area contributed by atoms with Gasteiger partial charge in [0.25, 0.3) is 0 Å². The van der Waals surface area contributed by atoms with Crippen LogP contribution in [0.15, 0.2) is 59.4 Å². The molecular weight excluding hydrogens is 520 g/mol. The van der Waals surface area contributed by atoms with Gasteiger partial charge >= 0.3 is 11.8 Å². The number of amides is 1. The Bertz CT molecular complexity index is 1440. The number of carbonyl (C=O) groups excluding carboxylic acids is 1. The molecule has 11 heteroatoms. The number of carbonyl (C=O) groups is 1. The van der Waals surface area contributed by atoms with Gasteiger partial charge in [0.2, 0.25) is 10.0 Å². The van der Waals surface area contributed by atoms with Gasteiger partial charge in [-0.15, -0.1) is 0 Å². The fraction of sp³-hybridized carbons (Fsp3) is 0.500. The monoisotopic (exact) mass is 556 g/mol. The van der Waals surface area contributed by atoms with Crippen LogP contribution in [0.4, 0.5) is 4.79 Å². The standard InChI is InChI=1S/C28H36N4O6S/c1-37-20-19-31-25-9-5-6-10-26(25)32(27(31)33)23-11-17-30(18-12-23)39(35,36)24-13-15-29(16-14-24)28(34)38-21-22-7-3-2-4-8-22/h2-10,23-24H,11-21H2,1H3. The molecule has 1 aromatic heterocycles. The average molecular weight is 557 g/mol. The maximum atomic E-state index is 13.5. The summed E-state index contributed by atoms with van der Waals surface area (Å²) in [6.07, 6.45) is 1.50. The second kappa shape index (κ2) is 11.9. The lowest BCUT2D eigenvalue weighted by Crippen LogP contribution is -2.49. The number of hydrogen-bond donors (Lipinski definition) is 0. The quantitative estimate of drug-likeness (QED) is 0.422. The zero-order chi connectivity index (χ0) is 27.4. The number of piperidine rings is 2. The van der Waals surface area contributed by atoms with Gasteiger partial charge in [-0.2, -0.15) is 0 Å². The van der Waals surface area contributed by atoms with E-state index >= 15 is 0 Å². The minimum Gasteiger partial charge on any atom is -0.445 e. The van der Waals surface area contributed by atoms with Crippen molar-refractivity contribution < 1.29 is 22.7 Å². The molecule has 0 saturated carbocycles. The van der Waals surface area contributed by atoms with Gasteiger partial charge < -0.3 is 14.4 Å². The number of hydrogen-bond acceptors (Lipinski definition) is 6. The van der Waals surface area contributed by atoms with Gasteiger partial charge in [-0.3, -0.25) is 9.13 Å². The Hall–Kier alpha value is -3.15. The molecule has 2 aromatic carbocycles. The minimum absolute atomic E-state index is 0.0705. The Balaban J connectivity index is 1.18. The Morgan fingerprint density at radius 2 is 1.54 bits per heavy atom. The molecule has 0 spiro atoms. The normalized spacial score (nSPS) is 18.0. The number of imidazole rings is 1. The number of aromatic nitrogens is 2. The number of likely N-dealkylation sites (tertiary alicyclic amines) is 1. The van der Waals surface area contributed by atoms with Gasteiger partial charge in [-0.1, -0.05) is 42.5 Å². The summed E-state index contributed by atoms with van der Waals surface area (Å²) < 4.78 is 42.7. The molecule has 0 aliphatic carbocycles. The third-order valence-corrected chi connectivity index (χ3v) is 10.3. The van der Waals surface area contributed by atoms with E-state index in [0.717, 1.165) is 16.6 Å². The predicted octanol–water partition coefficient (Wildman–Crippen LogP) is 3.22. The molecule has 1 amide bonds. The minimum atomic E-state index is -3.51. The van der Waals surface area contributed by atoms with E-state index in [1.54, 1.807) is 20.9 Å². The highest BCUT2D eigenvalue weighted by atomic mass is 32.2. The molecule has 3 aromatic rings. The first-order valence-corrected chi connectivity index (χ1v) is 15.0. The van der Waals surface area contributed by atoms with Crippen molar-refractivity contribution in [1.29, 1.82) is 0 Å². The lowest BCUT2D eigenvalue weighted by atomic mass is 10.1. The molecule has 10 nitrogen and oxygen atoms in total. The van der Waals surface area contributed by atoms with Crippen molar-refractivity contribution in [2.75, 3.05) is 39.9 Å². The Morgan fingerprint density at radius 3 is 2.21 bits per heavy atom. The van der Waals surface area contributed by atoms with Gasteiger partial charge in [0.1, 0.15) is 6.61 Å². The van der Waals surface area contributed by atoms with Gasteiger partial charge in [0.15, 0.2) is 0 Å². The fourth-order valence-corrected chi connectivity index (χ4v) is 7.64. The van der Waals surface area contributed by atoms with Crippen LogP contribution in [0.1, 0.15) is 37.3 Å². The molecule has 2 fully saturated rings. The summed E-state index contributed by atoms with van der Waals surface area (Å²) in [4.78, 5) is 27.4. The smallest absolute Gasteiger partial charge is 0.410 e. The van der Waals surface area contributed by atoms with E-state index in [-0.39, 0.29) is 18.3 Å². The second-order valence-corrected chi connectivity index (χ2v) is 12.4. The van der Waals surface area contributed by atoms with Crippen LogP contribution in [-0.4, -0.2) is 78.0 Å². The lowest BCUT2D eigenvalue weighted by molar-refractivity contribution is 0.0894. The van der Waals surface area contributed by atoms with Gasteiger partial charge in [0.05, 0.1) is 29.4 Å². The summed E-state index contributed by atoms with van der Waals surface area (Å²) in [6, 6.07) is 17.1. The lowest BCUT2D eigenvalue weighted by Gasteiger charge is -2.37. The second-order valence-electron chi connectivity index (χ2n) is 10.2. The van der Waals surface area contributed by atoms with E-state index in [4.69, 9.17) is 9.47 Å². The number of ether oxygens (including phenoxy) is 2. The summed E-state index contributed by atoms with van der Waals surface area (Å²) in [6.45, 7) is 2.55. The van der Waals surface area contributed by atoms with Crippen molar-refractivity contribution in [2.45, 2.75) is 50.1 Å². The molecule has 2 aliphatic rings. The zero-order valence-electron chi connectivity index (χ0n) is 22.3. The Morgan fingerprint density at radius 1 is 0.897 bits per heavy atom. The third kappa shape index (κ3) is 5.75. The summed E-state index contributed by atoms with van der Waals surface area (Å²) in [5, 5.41) is -0.522. The van der Waals surface area contributed by atoms with Crippen LogP contribution in [0.25, 0.3) is 11.0 Å². The highest BCUT2D eigenvalue weighted by molar-refractivity contribution is 7.89. The SMILES string of the molecule is COCCn1c(=O)n(C2CCN(S(=O)(=O)C3CCN(C(=O)OCc4ccccc4)CC3)CC2)c2ccccc21. The highest BCUT2D eigenvalue weighted by Gasteiger charge is 2.38. The fourth-order valence-electron chi connectivity index (χ4n) is 5.70. The van der Waals surface area contributed by atoms with Crippen LogP contribution in [-0.2, 0) is 32.6 Å². The van der Waals surface area contributed by atoms with Crippen LogP contribution in [0, 0.1) is 0 Å². The maximum Gasteiger partial charge on any atom is 0.410 e. The van der Waals surface area contributed by atoms with Gasteiger partial charge in [-0.05, 0) is 43.4 Å². The van der Waals surface area contributed by atoms with Crippen molar-refractivity contribution in [2.24, 2.45) is 0 Å². The van der Waals surface area contributed by atoms with Crippen molar-refractivity contribution in [3.8, 4) is 0 Å². The van der Waals surface area contributed by atoms with Crippen molar-refractivity contribution in [3.05, 3.63) is 70.6 Å².